The topological polar surface area (TPSA) is 78.6 Å². The Hall–Kier alpha value is -1.27. The number of methoxy groups -OCH3 is 1. The molecule has 102 valence electrons. The van der Waals surface area contributed by atoms with Gasteiger partial charge in [0.2, 0.25) is 0 Å². The summed E-state index contributed by atoms with van der Waals surface area (Å²) in [6.45, 7) is 0.608. The van der Waals surface area contributed by atoms with Gasteiger partial charge in [0, 0.05) is 19.4 Å². The van der Waals surface area contributed by atoms with Gasteiger partial charge in [-0.3, -0.25) is 0 Å². The van der Waals surface area contributed by atoms with Crippen LogP contribution in [0.5, 0.6) is 5.75 Å². The Morgan fingerprint density at radius 2 is 1.78 bits per heavy atom. The smallest absolute Gasteiger partial charge is 0.153 e. The van der Waals surface area contributed by atoms with Crippen molar-refractivity contribution in [2.75, 3.05) is 37.6 Å². The van der Waals surface area contributed by atoms with Crippen molar-refractivity contribution in [1.29, 1.82) is 0 Å². The first kappa shape index (κ1) is 14.8. The van der Waals surface area contributed by atoms with Gasteiger partial charge in [0.05, 0.1) is 11.5 Å². The molecule has 0 saturated carbocycles. The molecule has 0 heterocycles. The molecule has 0 aliphatic carbocycles. The SMILES string of the molecule is COCCCS(=O)(=O)CCOc1ccc(N)cc1. The third-order valence-corrected chi connectivity index (χ3v) is 4.05. The predicted molar refractivity (Wildman–Crippen MR) is 71.5 cm³/mol. The van der Waals surface area contributed by atoms with Gasteiger partial charge in [-0.1, -0.05) is 0 Å². The van der Waals surface area contributed by atoms with Gasteiger partial charge >= 0.3 is 0 Å². The number of hydrogen-bond donors (Lipinski definition) is 1. The number of anilines is 1. The van der Waals surface area contributed by atoms with Crippen LogP contribution < -0.4 is 10.5 Å². The Morgan fingerprint density at radius 1 is 1.11 bits per heavy atom. The lowest BCUT2D eigenvalue weighted by Gasteiger charge is -2.07. The van der Waals surface area contributed by atoms with Gasteiger partial charge in [-0.25, -0.2) is 8.42 Å². The van der Waals surface area contributed by atoms with E-state index in [0.717, 1.165) is 0 Å². The van der Waals surface area contributed by atoms with E-state index in [2.05, 4.69) is 0 Å². The molecule has 5 nitrogen and oxygen atoms in total. The van der Waals surface area contributed by atoms with Crippen LogP contribution in [0.1, 0.15) is 6.42 Å². The van der Waals surface area contributed by atoms with E-state index in [1.54, 1.807) is 31.4 Å². The fraction of sp³-hybridized carbons (Fsp3) is 0.500. The van der Waals surface area contributed by atoms with Crippen molar-refractivity contribution in [3.8, 4) is 5.75 Å². The average molecular weight is 273 g/mol. The van der Waals surface area contributed by atoms with Gasteiger partial charge in [-0.05, 0) is 30.7 Å². The normalized spacial score (nSPS) is 11.4. The van der Waals surface area contributed by atoms with E-state index >= 15 is 0 Å². The minimum atomic E-state index is -3.06. The van der Waals surface area contributed by atoms with Crippen LogP contribution in [0.15, 0.2) is 24.3 Å². The number of nitrogen functional groups attached to an aromatic ring is 1. The number of sulfone groups is 1. The predicted octanol–water partition coefficient (Wildman–Crippen LogP) is 1.10. The summed E-state index contributed by atoms with van der Waals surface area (Å²) in [4.78, 5) is 0. The molecule has 0 aromatic heterocycles. The molecule has 6 heteroatoms. The Labute approximate surface area is 108 Å². The van der Waals surface area contributed by atoms with Crippen molar-refractivity contribution in [2.24, 2.45) is 0 Å². The summed E-state index contributed by atoms with van der Waals surface area (Å²) in [5, 5.41) is 0. The minimum Gasteiger partial charge on any atom is -0.493 e. The van der Waals surface area contributed by atoms with E-state index in [1.165, 1.54) is 0 Å². The van der Waals surface area contributed by atoms with Gasteiger partial charge < -0.3 is 15.2 Å². The fourth-order valence-corrected chi connectivity index (χ4v) is 2.47. The molecule has 0 radical (unpaired) electrons. The third-order valence-electron chi connectivity index (χ3n) is 2.35. The Morgan fingerprint density at radius 3 is 2.39 bits per heavy atom. The average Bonchev–Trinajstić information content (AvgIpc) is 2.32. The van der Waals surface area contributed by atoms with E-state index in [9.17, 15) is 8.42 Å². The molecule has 1 aromatic carbocycles. The molecule has 1 aromatic rings. The zero-order valence-electron chi connectivity index (χ0n) is 10.5. The molecule has 0 atom stereocenters. The van der Waals surface area contributed by atoms with Gasteiger partial charge in [0.1, 0.15) is 12.4 Å². The van der Waals surface area contributed by atoms with Gasteiger partial charge in [-0.15, -0.1) is 0 Å². The Balaban J connectivity index is 2.30. The first-order chi connectivity index (χ1) is 8.53. The van der Waals surface area contributed by atoms with Crippen LogP contribution in [0.3, 0.4) is 0 Å². The highest BCUT2D eigenvalue weighted by molar-refractivity contribution is 7.91. The van der Waals surface area contributed by atoms with Crippen molar-refractivity contribution >= 4 is 15.5 Å². The van der Waals surface area contributed by atoms with Crippen LogP contribution in [-0.2, 0) is 14.6 Å². The zero-order valence-corrected chi connectivity index (χ0v) is 11.3. The molecule has 0 fully saturated rings. The number of rotatable bonds is 8. The zero-order chi connectivity index (χ0) is 13.4. The molecule has 0 spiro atoms. The molecule has 0 saturated heterocycles. The second-order valence-electron chi connectivity index (χ2n) is 3.92. The highest BCUT2D eigenvalue weighted by Gasteiger charge is 2.10. The molecule has 0 unspecified atom stereocenters. The van der Waals surface area contributed by atoms with Crippen LogP contribution in [0.4, 0.5) is 5.69 Å². The quantitative estimate of drug-likeness (QED) is 0.567. The summed E-state index contributed by atoms with van der Waals surface area (Å²) in [6.07, 6.45) is 0.515. The lowest BCUT2D eigenvalue weighted by Crippen LogP contribution is -2.18. The first-order valence-electron chi connectivity index (χ1n) is 5.71. The van der Waals surface area contributed by atoms with Crippen molar-refractivity contribution in [2.45, 2.75) is 6.42 Å². The number of ether oxygens (including phenoxy) is 2. The Bertz CT molecular complexity index is 442. The summed E-state index contributed by atoms with van der Waals surface area (Å²) in [5.41, 5.74) is 6.18. The molecule has 0 bridgehead atoms. The van der Waals surface area contributed by atoms with Gasteiger partial charge in [0.15, 0.2) is 9.84 Å². The van der Waals surface area contributed by atoms with Crippen LogP contribution >= 0.6 is 0 Å². The molecule has 0 amide bonds. The van der Waals surface area contributed by atoms with Crippen LogP contribution in [0.2, 0.25) is 0 Å². The summed E-state index contributed by atoms with van der Waals surface area (Å²) < 4.78 is 33.3. The lowest BCUT2D eigenvalue weighted by atomic mass is 10.3. The maximum atomic E-state index is 11.6. The van der Waals surface area contributed by atoms with Crippen LogP contribution in [0.25, 0.3) is 0 Å². The molecule has 2 N–H and O–H groups in total. The summed E-state index contributed by atoms with van der Waals surface area (Å²) in [7, 11) is -1.51. The number of benzene rings is 1. The maximum absolute atomic E-state index is 11.6. The van der Waals surface area contributed by atoms with E-state index in [4.69, 9.17) is 15.2 Å². The highest BCUT2D eigenvalue weighted by atomic mass is 32.2. The van der Waals surface area contributed by atoms with E-state index in [0.29, 0.717) is 24.5 Å². The molecule has 18 heavy (non-hydrogen) atoms. The van der Waals surface area contributed by atoms with E-state index < -0.39 is 9.84 Å². The molecule has 0 aliphatic rings. The van der Waals surface area contributed by atoms with Crippen molar-refractivity contribution in [1.82, 2.24) is 0 Å². The standard InChI is InChI=1S/C12H19NO4S/c1-16-7-2-9-18(14,15)10-8-17-12-5-3-11(13)4-6-12/h3-6H,2,7-10,13H2,1H3. The van der Waals surface area contributed by atoms with Gasteiger partial charge in [-0.2, -0.15) is 0 Å². The summed E-state index contributed by atoms with van der Waals surface area (Å²) in [6, 6.07) is 6.85. The molecule has 0 aliphatic heterocycles. The largest absolute Gasteiger partial charge is 0.493 e. The first-order valence-corrected chi connectivity index (χ1v) is 7.53. The summed E-state index contributed by atoms with van der Waals surface area (Å²) in [5.74, 6) is 0.767. The van der Waals surface area contributed by atoms with Crippen molar-refractivity contribution in [3.63, 3.8) is 0 Å². The van der Waals surface area contributed by atoms with Crippen molar-refractivity contribution in [3.05, 3.63) is 24.3 Å². The monoisotopic (exact) mass is 273 g/mol. The number of hydrogen-bond acceptors (Lipinski definition) is 5. The summed E-state index contributed by atoms with van der Waals surface area (Å²) >= 11 is 0. The number of nitrogens with two attached hydrogens (primary N) is 1. The molecular formula is C12H19NO4S. The lowest BCUT2D eigenvalue weighted by molar-refractivity contribution is 0.199. The molecular weight excluding hydrogens is 254 g/mol. The third kappa shape index (κ3) is 5.88. The Kier molecular flexibility index (Phi) is 5.94. The fourth-order valence-electron chi connectivity index (χ4n) is 1.38. The second kappa shape index (κ2) is 7.23. The van der Waals surface area contributed by atoms with Crippen LogP contribution in [0, 0.1) is 0 Å². The van der Waals surface area contributed by atoms with E-state index in [-0.39, 0.29) is 18.1 Å². The van der Waals surface area contributed by atoms with Crippen molar-refractivity contribution < 1.29 is 17.9 Å². The van der Waals surface area contributed by atoms with E-state index in [1.807, 2.05) is 0 Å². The maximum Gasteiger partial charge on any atom is 0.153 e. The second-order valence-corrected chi connectivity index (χ2v) is 6.22. The van der Waals surface area contributed by atoms with Crippen LogP contribution in [-0.4, -0.2) is 40.2 Å². The van der Waals surface area contributed by atoms with Gasteiger partial charge in [0.25, 0.3) is 0 Å². The minimum absolute atomic E-state index is 0.0150. The molecule has 1 rings (SSSR count). The highest BCUT2D eigenvalue weighted by Crippen LogP contribution is 2.13.